The Morgan fingerprint density at radius 3 is 2.60 bits per heavy atom. The lowest BCUT2D eigenvalue weighted by Gasteiger charge is -2.09. The van der Waals surface area contributed by atoms with E-state index in [-0.39, 0.29) is 10.7 Å². The molecule has 1 N–H and O–H groups in total. The van der Waals surface area contributed by atoms with E-state index in [2.05, 4.69) is 37.2 Å². The minimum atomic E-state index is -0.195. The summed E-state index contributed by atoms with van der Waals surface area (Å²) in [4.78, 5) is 11.4. The van der Waals surface area contributed by atoms with Crippen LogP contribution in [0.1, 0.15) is 11.1 Å². The van der Waals surface area contributed by atoms with Crippen LogP contribution in [-0.2, 0) is 4.79 Å². The van der Waals surface area contributed by atoms with Gasteiger partial charge in [-0.25, -0.2) is 0 Å². The van der Waals surface area contributed by atoms with Crippen LogP contribution < -0.4 is 5.32 Å². The van der Waals surface area contributed by atoms with E-state index in [0.717, 1.165) is 5.69 Å². The van der Waals surface area contributed by atoms with Crippen molar-refractivity contribution in [1.29, 1.82) is 0 Å². The molecule has 82 valence electrons. The molecule has 0 saturated heterocycles. The fourth-order valence-electron chi connectivity index (χ4n) is 1.11. The molecule has 0 aliphatic heterocycles. The predicted molar refractivity (Wildman–Crippen MR) is 71.1 cm³/mol. The van der Waals surface area contributed by atoms with Gasteiger partial charge in [-0.1, -0.05) is 37.9 Å². The molecule has 1 aromatic rings. The van der Waals surface area contributed by atoms with Crippen molar-refractivity contribution < 1.29 is 4.79 Å². The highest BCUT2D eigenvalue weighted by Gasteiger charge is 2.12. The maximum absolute atomic E-state index is 11.6. The van der Waals surface area contributed by atoms with E-state index in [4.69, 9.17) is 0 Å². The van der Waals surface area contributed by atoms with Crippen LogP contribution >= 0.6 is 31.9 Å². The molecule has 0 heterocycles. The number of halogens is 2. The zero-order valence-electron chi connectivity index (χ0n) is 8.68. The van der Waals surface area contributed by atoms with Crippen molar-refractivity contribution in [3.8, 4) is 0 Å². The zero-order valence-corrected chi connectivity index (χ0v) is 11.9. The van der Waals surface area contributed by atoms with E-state index in [1.165, 1.54) is 11.1 Å². The topological polar surface area (TPSA) is 29.1 Å². The van der Waals surface area contributed by atoms with E-state index >= 15 is 0 Å². The summed E-state index contributed by atoms with van der Waals surface area (Å²) in [5.74, 6) is -0.0323. The van der Waals surface area contributed by atoms with Gasteiger partial charge in [0, 0.05) is 11.0 Å². The van der Waals surface area contributed by atoms with Gasteiger partial charge in [-0.15, -0.1) is 0 Å². The number of carbonyl (C=O) groups is 1. The van der Waals surface area contributed by atoms with Crippen LogP contribution in [0.2, 0.25) is 0 Å². The number of aryl methyl sites for hydroxylation is 2. The lowest BCUT2D eigenvalue weighted by Crippen LogP contribution is -2.23. The predicted octanol–water partition coefficient (Wildman–Crippen LogP) is 3.40. The Morgan fingerprint density at radius 1 is 1.40 bits per heavy atom. The monoisotopic (exact) mass is 333 g/mol. The lowest BCUT2D eigenvalue weighted by molar-refractivity contribution is -0.115. The highest BCUT2D eigenvalue weighted by molar-refractivity contribution is 9.12. The molecule has 0 bridgehead atoms. The van der Waals surface area contributed by atoms with Crippen LogP contribution in [0.3, 0.4) is 0 Å². The third-order valence-electron chi connectivity index (χ3n) is 2.19. The number of hydrogen-bond donors (Lipinski definition) is 1. The average Bonchev–Trinajstić information content (AvgIpc) is 2.22. The Kier molecular flexibility index (Phi) is 4.80. The number of carbonyl (C=O) groups excluding carboxylic acids is 1. The van der Waals surface area contributed by atoms with Crippen LogP contribution in [0.25, 0.3) is 0 Å². The lowest BCUT2D eigenvalue weighted by atomic mass is 10.1. The van der Waals surface area contributed by atoms with Crippen molar-refractivity contribution in [3.63, 3.8) is 0 Å². The summed E-state index contributed by atoms with van der Waals surface area (Å²) >= 11 is 6.52. The summed E-state index contributed by atoms with van der Waals surface area (Å²) in [5.41, 5.74) is 3.25. The minimum absolute atomic E-state index is 0.0323. The first-order valence-corrected chi connectivity index (χ1v) is 6.66. The molecule has 0 aromatic heterocycles. The summed E-state index contributed by atoms with van der Waals surface area (Å²) in [6.07, 6.45) is 0. The minimum Gasteiger partial charge on any atom is -0.325 e. The number of alkyl halides is 2. The van der Waals surface area contributed by atoms with Crippen LogP contribution in [-0.4, -0.2) is 16.1 Å². The molecule has 1 unspecified atom stereocenters. The Labute approximate surface area is 107 Å². The SMILES string of the molecule is Cc1ccc(NC(=O)C(Br)CBr)cc1C. The molecular weight excluding hydrogens is 322 g/mol. The molecule has 1 amide bonds. The largest absolute Gasteiger partial charge is 0.325 e. The summed E-state index contributed by atoms with van der Waals surface area (Å²) in [6, 6.07) is 5.89. The number of nitrogens with one attached hydrogen (secondary N) is 1. The summed E-state index contributed by atoms with van der Waals surface area (Å²) in [7, 11) is 0. The molecule has 15 heavy (non-hydrogen) atoms. The van der Waals surface area contributed by atoms with Gasteiger partial charge in [-0.3, -0.25) is 4.79 Å². The maximum Gasteiger partial charge on any atom is 0.239 e. The van der Waals surface area contributed by atoms with Crippen molar-refractivity contribution in [2.75, 3.05) is 10.6 Å². The van der Waals surface area contributed by atoms with Gasteiger partial charge in [0.2, 0.25) is 5.91 Å². The number of amides is 1. The smallest absolute Gasteiger partial charge is 0.239 e. The van der Waals surface area contributed by atoms with Crippen LogP contribution in [0.4, 0.5) is 5.69 Å². The van der Waals surface area contributed by atoms with Crippen molar-refractivity contribution in [1.82, 2.24) is 0 Å². The van der Waals surface area contributed by atoms with Crippen molar-refractivity contribution in [2.24, 2.45) is 0 Å². The number of anilines is 1. The molecule has 0 saturated carbocycles. The molecule has 4 heteroatoms. The summed E-state index contributed by atoms with van der Waals surface area (Å²) < 4.78 is 0. The van der Waals surface area contributed by atoms with Crippen LogP contribution in [0.15, 0.2) is 18.2 Å². The van der Waals surface area contributed by atoms with Gasteiger partial charge in [-0.2, -0.15) is 0 Å². The van der Waals surface area contributed by atoms with Crippen molar-refractivity contribution >= 4 is 43.5 Å². The molecule has 1 aromatic carbocycles. The second-order valence-corrected chi connectivity index (χ2v) is 5.16. The third-order valence-corrected chi connectivity index (χ3v) is 4.45. The molecule has 2 nitrogen and oxygen atoms in total. The van der Waals surface area contributed by atoms with Gasteiger partial charge in [0.1, 0.15) is 4.83 Å². The van der Waals surface area contributed by atoms with E-state index in [0.29, 0.717) is 5.33 Å². The second-order valence-electron chi connectivity index (χ2n) is 3.41. The number of hydrogen-bond acceptors (Lipinski definition) is 1. The van der Waals surface area contributed by atoms with E-state index in [1.807, 2.05) is 32.0 Å². The fraction of sp³-hybridized carbons (Fsp3) is 0.364. The third kappa shape index (κ3) is 3.61. The number of benzene rings is 1. The van der Waals surface area contributed by atoms with E-state index in [1.54, 1.807) is 0 Å². The molecule has 0 spiro atoms. The molecule has 0 aliphatic rings. The van der Waals surface area contributed by atoms with Gasteiger partial charge in [0.25, 0.3) is 0 Å². The van der Waals surface area contributed by atoms with Gasteiger partial charge in [-0.05, 0) is 37.1 Å². The standard InChI is InChI=1S/C11H13Br2NO/c1-7-3-4-9(5-8(7)2)14-11(15)10(13)6-12/h3-5,10H,6H2,1-2H3,(H,14,15). The average molecular weight is 335 g/mol. The molecule has 0 fully saturated rings. The van der Waals surface area contributed by atoms with Crippen molar-refractivity contribution in [3.05, 3.63) is 29.3 Å². The Hall–Kier alpha value is -0.350. The Balaban J connectivity index is 2.73. The maximum atomic E-state index is 11.6. The summed E-state index contributed by atoms with van der Waals surface area (Å²) in [5, 5.41) is 3.45. The molecule has 0 radical (unpaired) electrons. The highest BCUT2D eigenvalue weighted by Crippen LogP contribution is 2.15. The molecular formula is C11H13Br2NO. The number of rotatable bonds is 3. The summed E-state index contributed by atoms with van der Waals surface area (Å²) in [6.45, 7) is 4.08. The zero-order chi connectivity index (χ0) is 11.4. The first-order chi connectivity index (χ1) is 7.04. The normalized spacial score (nSPS) is 12.3. The first-order valence-electron chi connectivity index (χ1n) is 4.62. The van der Waals surface area contributed by atoms with Crippen LogP contribution in [0, 0.1) is 13.8 Å². The van der Waals surface area contributed by atoms with Gasteiger partial charge in [0.05, 0.1) is 0 Å². The fourth-order valence-corrected chi connectivity index (χ4v) is 1.52. The Bertz CT molecular complexity index is 366. The Morgan fingerprint density at radius 2 is 2.07 bits per heavy atom. The first kappa shape index (κ1) is 12.7. The molecule has 1 rings (SSSR count). The van der Waals surface area contributed by atoms with Crippen LogP contribution in [0.5, 0.6) is 0 Å². The van der Waals surface area contributed by atoms with Crippen molar-refractivity contribution in [2.45, 2.75) is 18.7 Å². The highest BCUT2D eigenvalue weighted by atomic mass is 79.9. The molecule has 1 atom stereocenters. The van der Waals surface area contributed by atoms with Gasteiger partial charge < -0.3 is 5.32 Å². The molecule has 0 aliphatic carbocycles. The van der Waals surface area contributed by atoms with Gasteiger partial charge >= 0.3 is 0 Å². The van der Waals surface area contributed by atoms with E-state index < -0.39 is 0 Å². The van der Waals surface area contributed by atoms with Gasteiger partial charge in [0.15, 0.2) is 0 Å². The van der Waals surface area contributed by atoms with E-state index in [9.17, 15) is 4.79 Å². The second kappa shape index (κ2) is 5.66. The quantitative estimate of drug-likeness (QED) is 0.843.